The van der Waals surface area contributed by atoms with Gasteiger partial charge in [-0.15, -0.1) is 0 Å². The summed E-state index contributed by atoms with van der Waals surface area (Å²) in [5.74, 6) is -1.85. The Balaban J connectivity index is 1.71. The zero-order valence-corrected chi connectivity index (χ0v) is 17.6. The van der Waals surface area contributed by atoms with E-state index in [4.69, 9.17) is 21.0 Å². The van der Waals surface area contributed by atoms with Crippen molar-refractivity contribution in [3.8, 4) is 0 Å². The van der Waals surface area contributed by atoms with Crippen LogP contribution in [-0.2, 0) is 27.4 Å². The molecule has 1 atom stereocenters. The number of esters is 1. The van der Waals surface area contributed by atoms with Crippen molar-refractivity contribution in [1.29, 1.82) is 0 Å². The molecule has 2 N–H and O–H groups in total. The highest BCUT2D eigenvalue weighted by molar-refractivity contribution is 6.62. The van der Waals surface area contributed by atoms with Crippen LogP contribution in [0.2, 0.25) is 5.02 Å². The van der Waals surface area contributed by atoms with Crippen molar-refractivity contribution in [2.45, 2.75) is 40.0 Å². The average Bonchev–Trinajstić information content (AvgIpc) is 3.08. The van der Waals surface area contributed by atoms with Crippen LogP contribution in [-0.4, -0.2) is 30.1 Å². The fourth-order valence-corrected chi connectivity index (χ4v) is 3.55. The van der Waals surface area contributed by atoms with Crippen LogP contribution < -0.4 is 10.8 Å². The van der Waals surface area contributed by atoms with Gasteiger partial charge >= 0.3 is 13.1 Å². The molecule has 0 aliphatic carbocycles. The standard InChI is InChI=1S/C21H22BClFNO5/c1-11(2)19(21(27)29-9-13-4-7-17(24)16(23)8-13)25-20(26)15-6-5-14-10-30-22(28)18(14)12(15)3/h4-8,11,19,28H,9-10H2,1-3H3,(H,25,26)/t19-/m0/s1. The van der Waals surface area contributed by atoms with E-state index in [2.05, 4.69) is 5.32 Å². The van der Waals surface area contributed by atoms with E-state index in [9.17, 15) is 19.0 Å². The topological polar surface area (TPSA) is 84.9 Å². The van der Waals surface area contributed by atoms with Crippen LogP contribution in [0.1, 0.15) is 40.9 Å². The zero-order chi connectivity index (χ0) is 22.0. The number of fused-ring (bicyclic) bond motifs is 1. The molecule has 2 aromatic carbocycles. The van der Waals surface area contributed by atoms with Gasteiger partial charge in [-0.05, 0) is 53.2 Å². The first-order valence-corrected chi connectivity index (χ1v) is 9.90. The fraction of sp³-hybridized carbons (Fsp3) is 0.333. The second-order valence-corrected chi connectivity index (χ2v) is 7.93. The fourth-order valence-electron chi connectivity index (χ4n) is 3.34. The number of hydrogen-bond acceptors (Lipinski definition) is 5. The Kier molecular flexibility index (Phi) is 6.80. The first-order chi connectivity index (χ1) is 14.2. The first kappa shape index (κ1) is 22.3. The average molecular weight is 434 g/mol. The van der Waals surface area contributed by atoms with E-state index in [1.165, 1.54) is 18.2 Å². The van der Waals surface area contributed by atoms with Gasteiger partial charge in [0.15, 0.2) is 0 Å². The maximum Gasteiger partial charge on any atom is 0.492 e. The Hall–Kier alpha value is -2.42. The molecule has 2 aromatic rings. The summed E-state index contributed by atoms with van der Waals surface area (Å²) in [5.41, 5.74) is 2.90. The van der Waals surface area contributed by atoms with Gasteiger partial charge < -0.3 is 19.7 Å². The molecule has 1 amide bonds. The molecule has 0 saturated carbocycles. The van der Waals surface area contributed by atoms with Gasteiger partial charge in [-0.2, -0.15) is 0 Å². The third-order valence-electron chi connectivity index (χ3n) is 5.07. The maximum atomic E-state index is 13.3. The predicted octanol–water partition coefficient (Wildman–Crippen LogP) is 2.50. The lowest BCUT2D eigenvalue weighted by Crippen LogP contribution is -2.46. The van der Waals surface area contributed by atoms with Crippen molar-refractivity contribution in [2.75, 3.05) is 0 Å². The Bertz CT molecular complexity index is 984. The van der Waals surface area contributed by atoms with Crippen molar-refractivity contribution in [1.82, 2.24) is 5.32 Å². The van der Waals surface area contributed by atoms with Gasteiger partial charge in [-0.1, -0.05) is 37.6 Å². The van der Waals surface area contributed by atoms with Crippen molar-refractivity contribution < 1.29 is 28.4 Å². The molecule has 0 spiro atoms. The molecule has 6 nitrogen and oxygen atoms in total. The van der Waals surface area contributed by atoms with E-state index >= 15 is 0 Å². The molecule has 0 unspecified atom stereocenters. The SMILES string of the molecule is Cc1c(C(=O)N[C@H](C(=O)OCc2ccc(F)c(Cl)c2)C(C)C)ccc2c1B(O)OC2. The van der Waals surface area contributed by atoms with Crippen LogP contribution in [0.15, 0.2) is 30.3 Å². The van der Waals surface area contributed by atoms with Crippen LogP contribution in [0.3, 0.4) is 0 Å². The summed E-state index contributed by atoms with van der Waals surface area (Å²) >= 11 is 5.74. The molecule has 1 aliphatic rings. The number of nitrogens with one attached hydrogen (secondary N) is 1. The Labute approximate surface area is 179 Å². The minimum Gasteiger partial charge on any atom is -0.459 e. The number of benzene rings is 2. The Morgan fingerprint density at radius 1 is 1.33 bits per heavy atom. The van der Waals surface area contributed by atoms with Crippen molar-refractivity contribution >= 4 is 36.1 Å². The van der Waals surface area contributed by atoms with Crippen LogP contribution in [0, 0.1) is 18.7 Å². The molecule has 158 valence electrons. The molecule has 0 saturated heterocycles. The minimum absolute atomic E-state index is 0.0597. The quantitative estimate of drug-likeness (QED) is 0.540. The molecule has 1 heterocycles. The highest BCUT2D eigenvalue weighted by Crippen LogP contribution is 2.19. The van der Waals surface area contributed by atoms with Crippen molar-refractivity contribution in [3.05, 3.63) is 63.4 Å². The Morgan fingerprint density at radius 2 is 2.07 bits per heavy atom. The summed E-state index contributed by atoms with van der Waals surface area (Å²) in [7, 11) is -1.07. The van der Waals surface area contributed by atoms with E-state index in [1.54, 1.807) is 32.9 Å². The van der Waals surface area contributed by atoms with Gasteiger partial charge in [-0.3, -0.25) is 4.79 Å². The number of hydrogen-bond donors (Lipinski definition) is 2. The van der Waals surface area contributed by atoms with Crippen LogP contribution >= 0.6 is 11.6 Å². The Morgan fingerprint density at radius 3 is 2.73 bits per heavy atom. The molecule has 0 radical (unpaired) electrons. The van der Waals surface area contributed by atoms with Gasteiger partial charge in [0.2, 0.25) is 0 Å². The molecular weight excluding hydrogens is 411 g/mol. The number of carbonyl (C=O) groups is 2. The molecular formula is C21H22BClFNO5. The zero-order valence-electron chi connectivity index (χ0n) is 16.9. The second-order valence-electron chi connectivity index (χ2n) is 7.53. The van der Waals surface area contributed by atoms with Gasteiger partial charge in [0, 0.05) is 5.56 Å². The summed E-state index contributed by atoms with van der Waals surface area (Å²) in [6, 6.07) is 6.54. The molecule has 1 aliphatic heterocycles. The third kappa shape index (κ3) is 4.66. The number of halogens is 2. The van der Waals surface area contributed by atoms with E-state index in [1.807, 2.05) is 0 Å². The van der Waals surface area contributed by atoms with Crippen molar-refractivity contribution in [2.24, 2.45) is 5.92 Å². The molecule has 0 aromatic heterocycles. The lowest BCUT2D eigenvalue weighted by atomic mass is 9.75. The third-order valence-corrected chi connectivity index (χ3v) is 5.36. The van der Waals surface area contributed by atoms with Crippen LogP contribution in [0.5, 0.6) is 0 Å². The smallest absolute Gasteiger partial charge is 0.459 e. The monoisotopic (exact) mass is 433 g/mol. The summed E-state index contributed by atoms with van der Waals surface area (Å²) in [4.78, 5) is 25.4. The summed E-state index contributed by atoms with van der Waals surface area (Å²) in [6.07, 6.45) is 0. The number of ether oxygens (including phenoxy) is 1. The molecule has 30 heavy (non-hydrogen) atoms. The summed E-state index contributed by atoms with van der Waals surface area (Å²) in [6.45, 7) is 5.49. The highest BCUT2D eigenvalue weighted by atomic mass is 35.5. The van der Waals surface area contributed by atoms with E-state index in [0.717, 1.165) is 5.56 Å². The summed E-state index contributed by atoms with van der Waals surface area (Å²) < 4.78 is 23.8. The van der Waals surface area contributed by atoms with Crippen molar-refractivity contribution in [3.63, 3.8) is 0 Å². The molecule has 9 heteroatoms. The maximum absolute atomic E-state index is 13.3. The number of amides is 1. The van der Waals surface area contributed by atoms with E-state index in [-0.39, 0.29) is 24.2 Å². The predicted molar refractivity (Wildman–Crippen MR) is 111 cm³/mol. The first-order valence-electron chi connectivity index (χ1n) is 9.52. The largest absolute Gasteiger partial charge is 0.492 e. The second kappa shape index (κ2) is 9.16. The lowest BCUT2D eigenvalue weighted by Gasteiger charge is -2.22. The normalized spacial score (nSPS) is 13.9. The number of rotatable bonds is 6. The van der Waals surface area contributed by atoms with Crippen LogP contribution in [0.25, 0.3) is 0 Å². The molecule has 0 bridgehead atoms. The lowest BCUT2D eigenvalue weighted by molar-refractivity contribution is -0.148. The highest BCUT2D eigenvalue weighted by Gasteiger charge is 2.32. The van der Waals surface area contributed by atoms with Gasteiger partial charge in [-0.25, -0.2) is 9.18 Å². The molecule has 0 fully saturated rings. The minimum atomic E-state index is -1.07. The summed E-state index contributed by atoms with van der Waals surface area (Å²) in [5, 5.41) is 12.6. The van der Waals surface area contributed by atoms with Gasteiger partial charge in [0.25, 0.3) is 5.91 Å². The molecule has 3 rings (SSSR count). The van der Waals surface area contributed by atoms with Gasteiger partial charge in [0.05, 0.1) is 11.6 Å². The van der Waals surface area contributed by atoms with Crippen LogP contribution in [0.4, 0.5) is 4.39 Å². The number of carbonyl (C=O) groups excluding carboxylic acids is 2. The van der Waals surface area contributed by atoms with E-state index in [0.29, 0.717) is 22.2 Å². The van der Waals surface area contributed by atoms with Gasteiger partial charge in [0.1, 0.15) is 18.5 Å². The van der Waals surface area contributed by atoms with E-state index < -0.39 is 30.9 Å².